The van der Waals surface area contributed by atoms with Gasteiger partial charge in [-0.25, -0.2) is 14.6 Å². The molecule has 0 unspecified atom stereocenters. The van der Waals surface area contributed by atoms with Crippen LogP contribution in [-0.4, -0.2) is 113 Å². The van der Waals surface area contributed by atoms with E-state index in [1.54, 1.807) is 43.5 Å². The van der Waals surface area contributed by atoms with Crippen LogP contribution in [-0.2, 0) is 25.6 Å². The van der Waals surface area contributed by atoms with Crippen molar-refractivity contribution in [2.75, 3.05) is 45.3 Å². The number of hydrogen-bond donors (Lipinski definition) is 3. The predicted molar refractivity (Wildman–Crippen MR) is 205 cm³/mol. The summed E-state index contributed by atoms with van der Waals surface area (Å²) >= 11 is 0. The lowest BCUT2D eigenvalue weighted by atomic mass is 10.0. The molecule has 2 atom stereocenters. The standard InChI is InChI=1S/C39H57N7O7/c1-9-52-36(53-10-2)28(3)45(26-30-18-15-17-29-16-11-12-19-32(29)30)35(48)33(20-13-14-25-46(38(50)51)39(4,5)6)41-34(47)27-43(7)42-37(49)44(8)31-21-23-40-24-22-31/h11-12,15-19,21-24,28,33,36H,9-10,13-14,20,25-27H2,1-8H3,(H,41,47)(H,42,49)(H,50,51)/t28-,33-/m0/s1. The van der Waals surface area contributed by atoms with E-state index in [0.717, 1.165) is 16.3 Å². The number of ether oxygens (including phenoxy) is 2. The summed E-state index contributed by atoms with van der Waals surface area (Å²) in [6.07, 6.45) is 2.57. The Hall–Kier alpha value is -4.79. The lowest BCUT2D eigenvalue weighted by Crippen LogP contribution is -2.56. The molecule has 5 amide bonds. The molecule has 0 fully saturated rings. The molecule has 3 aromatic rings. The number of anilines is 1. The van der Waals surface area contributed by atoms with Gasteiger partial charge < -0.3 is 29.7 Å². The second-order valence-corrected chi connectivity index (χ2v) is 13.9. The van der Waals surface area contributed by atoms with Crippen molar-refractivity contribution in [3.63, 3.8) is 0 Å². The van der Waals surface area contributed by atoms with Crippen LogP contribution in [0.25, 0.3) is 10.8 Å². The van der Waals surface area contributed by atoms with Crippen molar-refractivity contribution in [1.29, 1.82) is 0 Å². The van der Waals surface area contributed by atoms with Crippen molar-refractivity contribution in [3.05, 3.63) is 72.6 Å². The van der Waals surface area contributed by atoms with Gasteiger partial charge in [-0.1, -0.05) is 42.5 Å². The molecular formula is C39H57N7O7. The van der Waals surface area contributed by atoms with E-state index < -0.39 is 41.9 Å². The fourth-order valence-corrected chi connectivity index (χ4v) is 6.05. The number of hydrazine groups is 1. The van der Waals surface area contributed by atoms with E-state index in [1.165, 1.54) is 14.8 Å². The number of amides is 5. The molecule has 0 radical (unpaired) electrons. The number of carbonyl (C=O) groups excluding carboxylic acids is 3. The van der Waals surface area contributed by atoms with E-state index >= 15 is 0 Å². The maximum Gasteiger partial charge on any atom is 0.407 e. The Morgan fingerprint density at radius 2 is 1.55 bits per heavy atom. The van der Waals surface area contributed by atoms with Crippen LogP contribution in [0.4, 0.5) is 15.3 Å². The first-order valence-corrected chi connectivity index (χ1v) is 18.1. The van der Waals surface area contributed by atoms with Gasteiger partial charge in [0, 0.05) is 64.0 Å². The van der Waals surface area contributed by atoms with Gasteiger partial charge in [0.25, 0.3) is 0 Å². The van der Waals surface area contributed by atoms with Gasteiger partial charge in [-0.2, -0.15) is 0 Å². The number of pyridine rings is 1. The molecule has 0 saturated heterocycles. The second kappa shape index (κ2) is 20.5. The van der Waals surface area contributed by atoms with Crippen molar-refractivity contribution < 1.29 is 33.8 Å². The minimum atomic E-state index is -1.02. The summed E-state index contributed by atoms with van der Waals surface area (Å²) in [4.78, 5) is 61.7. The molecule has 290 valence electrons. The minimum absolute atomic E-state index is 0.221. The summed E-state index contributed by atoms with van der Waals surface area (Å²) in [5.41, 5.74) is 3.62. The number of fused-ring (bicyclic) bond motifs is 1. The molecule has 3 rings (SSSR count). The molecule has 1 heterocycles. The summed E-state index contributed by atoms with van der Waals surface area (Å²) in [7, 11) is 3.16. The van der Waals surface area contributed by atoms with Crippen molar-refractivity contribution in [2.45, 2.75) is 91.3 Å². The zero-order chi connectivity index (χ0) is 39.1. The minimum Gasteiger partial charge on any atom is -0.465 e. The number of nitrogens with one attached hydrogen (secondary N) is 2. The van der Waals surface area contributed by atoms with Crippen molar-refractivity contribution >= 4 is 40.4 Å². The Morgan fingerprint density at radius 1 is 0.906 bits per heavy atom. The topological polar surface area (TPSA) is 157 Å². The largest absolute Gasteiger partial charge is 0.465 e. The monoisotopic (exact) mass is 735 g/mol. The quantitative estimate of drug-likeness (QED) is 0.0825. The fraction of sp³-hybridized carbons (Fsp3) is 0.513. The normalized spacial score (nSPS) is 12.7. The van der Waals surface area contributed by atoms with Gasteiger partial charge in [0.05, 0.1) is 12.6 Å². The van der Waals surface area contributed by atoms with E-state index in [0.29, 0.717) is 31.7 Å². The van der Waals surface area contributed by atoms with Gasteiger partial charge in [-0.3, -0.25) is 24.9 Å². The Morgan fingerprint density at radius 3 is 2.17 bits per heavy atom. The maximum absolute atomic E-state index is 14.8. The number of unbranched alkanes of at least 4 members (excludes halogenated alkanes) is 1. The number of urea groups is 1. The molecule has 0 aliphatic heterocycles. The maximum atomic E-state index is 14.8. The highest BCUT2D eigenvalue weighted by molar-refractivity contribution is 5.92. The first-order chi connectivity index (χ1) is 25.2. The first kappa shape index (κ1) is 42.6. The van der Waals surface area contributed by atoms with Gasteiger partial charge in [0.1, 0.15) is 6.04 Å². The van der Waals surface area contributed by atoms with Gasteiger partial charge in [0.2, 0.25) is 11.8 Å². The van der Waals surface area contributed by atoms with Crippen LogP contribution >= 0.6 is 0 Å². The smallest absolute Gasteiger partial charge is 0.407 e. The summed E-state index contributed by atoms with van der Waals surface area (Å²) < 4.78 is 11.9. The Bertz CT molecular complexity index is 1620. The van der Waals surface area contributed by atoms with E-state index in [9.17, 15) is 24.3 Å². The van der Waals surface area contributed by atoms with Crippen LogP contribution < -0.4 is 15.6 Å². The average Bonchev–Trinajstić information content (AvgIpc) is 3.11. The lowest BCUT2D eigenvalue weighted by Gasteiger charge is -2.37. The Balaban J connectivity index is 1.89. The molecule has 53 heavy (non-hydrogen) atoms. The van der Waals surface area contributed by atoms with Crippen LogP contribution in [0.3, 0.4) is 0 Å². The highest BCUT2D eigenvalue weighted by atomic mass is 16.7. The number of carboxylic acid groups (broad SMARTS) is 1. The van der Waals surface area contributed by atoms with Gasteiger partial charge >= 0.3 is 12.1 Å². The molecule has 1 aromatic heterocycles. The van der Waals surface area contributed by atoms with E-state index in [1.807, 2.05) is 84.0 Å². The number of likely N-dealkylation sites (N-methyl/N-ethyl adjacent to an activating group) is 1. The molecule has 0 aliphatic rings. The SMILES string of the molecule is CCOC(OCC)[C@H](C)N(Cc1cccc2ccccc12)C(=O)[C@H](CCCCN(C(=O)O)C(C)(C)C)NC(=O)CN(C)NC(=O)N(C)c1ccncc1. The number of aromatic nitrogens is 1. The molecule has 0 spiro atoms. The molecule has 0 aliphatic carbocycles. The number of rotatable bonds is 19. The summed E-state index contributed by atoms with van der Waals surface area (Å²) in [5, 5.41) is 16.1. The van der Waals surface area contributed by atoms with Crippen molar-refractivity contribution in [2.24, 2.45) is 0 Å². The number of carbonyl (C=O) groups is 4. The molecular weight excluding hydrogens is 678 g/mol. The average molecular weight is 736 g/mol. The zero-order valence-corrected chi connectivity index (χ0v) is 32.4. The van der Waals surface area contributed by atoms with E-state index in [-0.39, 0.29) is 32.0 Å². The summed E-state index contributed by atoms with van der Waals surface area (Å²) in [6, 6.07) is 15.3. The van der Waals surface area contributed by atoms with Crippen LogP contribution in [0.1, 0.15) is 66.4 Å². The molecule has 0 bridgehead atoms. The Labute approximate surface area is 313 Å². The van der Waals surface area contributed by atoms with Gasteiger partial charge in [-0.15, -0.1) is 0 Å². The Kier molecular flexibility index (Phi) is 16.4. The van der Waals surface area contributed by atoms with Gasteiger partial charge in [-0.05, 0) is 89.3 Å². The fourth-order valence-electron chi connectivity index (χ4n) is 6.05. The van der Waals surface area contributed by atoms with Crippen LogP contribution in [0.15, 0.2) is 67.0 Å². The summed E-state index contributed by atoms with van der Waals surface area (Å²) in [5.74, 6) is -0.818. The third-order valence-corrected chi connectivity index (χ3v) is 8.87. The number of benzene rings is 2. The molecule has 3 N–H and O–H groups in total. The van der Waals surface area contributed by atoms with Crippen LogP contribution in [0.2, 0.25) is 0 Å². The highest BCUT2D eigenvalue weighted by Gasteiger charge is 2.34. The second-order valence-electron chi connectivity index (χ2n) is 13.9. The number of hydrogen-bond acceptors (Lipinski definition) is 8. The molecule has 14 nitrogen and oxygen atoms in total. The third-order valence-electron chi connectivity index (χ3n) is 8.87. The van der Waals surface area contributed by atoms with Gasteiger partial charge in [0.15, 0.2) is 6.29 Å². The predicted octanol–water partition coefficient (Wildman–Crippen LogP) is 5.48. The first-order valence-electron chi connectivity index (χ1n) is 18.1. The number of nitrogens with zero attached hydrogens (tertiary/aromatic N) is 5. The molecule has 0 saturated carbocycles. The highest BCUT2D eigenvalue weighted by Crippen LogP contribution is 2.24. The van der Waals surface area contributed by atoms with E-state index in [2.05, 4.69) is 15.7 Å². The molecule has 14 heteroatoms. The van der Waals surface area contributed by atoms with Crippen LogP contribution in [0.5, 0.6) is 0 Å². The van der Waals surface area contributed by atoms with Crippen LogP contribution in [0, 0.1) is 0 Å². The van der Waals surface area contributed by atoms with Crippen molar-refractivity contribution in [1.82, 2.24) is 30.5 Å². The lowest BCUT2D eigenvalue weighted by molar-refractivity contribution is -0.179. The van der Waals surface area contributed by atoms with E-state index in [4.69, 9.17) is 9.47 Å². The summed E-state index contributed by atoms with van der Waals surface area (Å²) in [6.45, 7) is 12.1. The molecule has 2 aromatic carbocycles. The zero-order valence-electron chi connectivity index (χ0n) is 32.4. The van der Waals surface area contributed by atoms with Crippen molar-refractivity contribution in [3.8, 4) is 0 Å². The third kappa shape index (κ3) is 12.7.